The number of hydrogen-bond acceptors (Lipinski definition) is 1. The van der Waals surface area contributed by atoms with Crippen LogP contribution in [-0.2, 0) is 6.54 Å². The third-order valence-corrected chi connectivity index (χ3v) is 4.33. The molecule has 106 valence electrons. The highest BCUT2D eigenvalue weighted by molar-refractivity contribution is 6.42. The molecule has 1 aliphatic rings. The molecular formula is C16H10BrCl2N2-. The van der Waals surface area contributed by atoms with Crippen LogP contribution in [0.3, 0.4) is 0 Å². The average molecular weight is 381 g/mol. The van der Waals surface area contributed by atoms with Crippen LogP contribution in [0.5, 0.6) is 0 Å². The van der Waals surface area contributed by atoms with E-state index in [9.17, 15) is 0 Å². The van der Waals surface area contributed by atoms with Crippen molar-refractivity contribution in [3.8, 4) is 22.6 Å². The van der Waals surface area contributed by atoms with E-state index in [0.29, 0.717) is 10.0 Å². The number of benzene rings is 2. The Labute approximate surface area is 143 Å². The highest BCUT2D eigenvalue weighted by atomic mass is 79.9. The smallest absolute Gasteiger partial charge is 0.141 e. The molecule has 1 aliphatic heterocycles. The van der Waals surface area contributed by atoms with Gasteiger partial charge >= 0.3 is 0 Å². The summed E-state index contributed by atoms with van der Waals surface area (Å²) in [7, 11) is 0. The lowest BCUT2D eigenvalue weighted by molar-refractivity contribution is -0.00000376. The topological polar surface area (TPSA) is 17.8 Å². The summed E-state index contributed by atoms with van der Waals surface area (Å²) in [4.78, 5) is 4.73. The van der Waals surface area contributed by atoms with Crippen LogP contribution in [0.1, 0.15) is 5.56 Å². The second-order valence-corrected chi connectivity index (χ2v) is 5.68. The molecule has 0 aliphatic carbocycles. The van der Waals surface area contributed by atoms with E-state index in [1.807, 2.05) is 18.2 Å². The Balaban J connectivity index is 0.00000132. The Bertz CT molecular complexity index is 827. The highest BCUT2D eigenvalue weighted by Crippen LogP contribution is 2.34. The molecule has 0 N–H and O–H groups in total. The second kappa shape index (κ2) is 5.48. The van der Waals surface area contributed by atoms with E-state index in [1.54, 1.807) is 6.07 Å². The third-order valence-electron chi connectivity index (χ3n) is 3.59. The molecule has 0 saturated heterocycles. The van der Waals surface area contributed by atoms with Gasteiger partial charge in [-0.3, -0.25) is 0 Å². The molecule has 0 saturated carbocycles. The van der Waals surface area contributed by atoms with E-state index in [1.165, 1.54) is 11.1 Å². The molecule has 0 bridgehead atoms. The first-order valence-corrected chi connectivity index (χ1v) is 7.09. The molecule has 0 spiro atoms. The van der Waals surface area contributed by atoms with E-state index in [2.05, 4.69) is 29.0 Å². The first-order chi connectivity index (χ1) is 9.72. The molecule has 0 fully saturated rings. The summed E-state index contributed by atoms with van der Waals surface area (Å²) in [6.45, 7) is 0.875. The summed E-state index contributed by atoms with van der Waals surface area (Å²) in [5.74, 6) is 1.02. The van der Waals surface area contributed by atoms with Crippen molar-refractivity contribution in [2.45, 2.75) is 6.54 Å². The van der Waals surface area contributed by atoms with Crippen LogP contribution in [-0.4, -0.2) is 9.55 Å². The lowest BCUT2D eigenvalue weighted by atomic mass is 10.1. The maximum absolute atomic E-state index is 6.07. The van der Waals surface area contributed by atoms with E-state index in [-0.39, 0.29) is 17.0 Å². The normalized spacial score (nSPS) is 11.7. The number of rotatable bonds is 1. The van der Waals surface area contributed by atoms with Crippen LogP contribution in [0.15, 0.2) is 48.7 Å². The zero-order chi connectivity index (χ0) is 13.7. The quantitative estimate of drug-likeness (QED) is 0.493. The van der Waals surface area contributed by atoms with E-state index >= 15 is 0 Å². The zero-order valence-electron chi connectivity index (χ0n) is 10.9. The number of fused-ring (bicyclic) bond motifs is 3. The van der Waals surface area contributed by atoms with Crippen LogP contribution in [0.25, 0.3) is 22.6 Å². The molecule has 0 amide bonds. The monoisotopic (exact) mass is 379 g/mol. The number of nitrogens with zero attached hydrogens (tertiary/aromatic N) is 2. The van der Waals surface area contributed by atoms with Gasteiger partial charge in [-0.2, -0.15) is 0 Å². The van der Waals surface area contributed by atoms with Crippen molar-refractivity contribution < 1.29 is 17.0 Å². The molecular weight excluding hydrogens is 371 g/mol. The molecule has 0 unspecified atom stereocenters. The first kappa shape index (κ1) is 14.6. The van der Waals surface area contributed by atoms with Gasteiger partial charge < -0.3 is 21.5 Å². The highest BCUT2D eigenvalue weighted by Gasteiger charge is 2.20. The Kier molecular flexibility index (Phi) is 3.82. The van der Waals surface area contributed by atoms with E-state index < -0.39 is 0 Å². The van der Waals surface area contributed by atoms with Gasteiger partial charge in [0.2, 0.25) is 0 Å². The Morgan fingerprint density at radius 2 is 1.81 bits per heavy atom. The van der Waals surface area contributed by atoms with Crippen molar-refractivity contribution in [2.24, 2.45) is 0 Å². The van der Waals surface area contributed by atoms with Gasteiger partial charge in [0, 0.05) is 23.9 Å². The fourth-order valence-electron chi connectivity index (χ4n) is 2.61. The predicted molar refractivity (Wildman–Crippen MR) is 82.2 cm³/mol. The zero-order valence-corrected chi connectivity index (χ0v) is 14.0. The third kappa shape index (κ3) is 2.39. The molecule has 0 atom stereocenters. The lowest BCUT2D eigenvalue weighted by Gasteiger charge is -2.00. The molecule has 21 heavy (non-hydrogen) atoms. The van der Waals surface area contributed by atoms with Gasteiger partial charge in [-0.1, -0.05) is 53.5 Å². The Morgan fingerprint density at radius 1 is 1.00 bits per heavy atom. The van der Waals surface area contributed by atoms with Crippen molar-refractivity contribution in [1.29, 1.82) is 0 Å². The summed E-state index contributed by atoms with van der Waals surface area (Å²) >= 11 is 12.0. The number of aromatic nitrogens is 2. The molecule has 1 aromatic heterocycles. The van der Waals surface area contributed by atoms with Crippen molar-refractivity contribution >= 4 is 23.2 Å². The number of imidazole rings is 1. The van der Waals surface area contributed by atoms with Gasteiger partial charge in [-0.15, -0.1) is 0 Å². The van der Waals surface area contributed by atoms with Gasteiger partial charge in [0.05, 0.1) is 15.7 Å². The first-order valence-electron chi connectivity index (χ1n) is 6.33. The van der Waals surface area contributed by atoms with E-state index in [4.69, 9.17) is 28.2 Å². The number of hydrogen-bond donors (Lipinski definition) is 0. The maximum atomic E-state index is 6.07. The molecule has 5 heteroatoms. The van der Waals surface area contributed by atoms with Crippen LogP contribution in [0.2, 0.25) is 10.0 Å². The van der Waals surface area contributed by atoms with Crippen LogP contribution < -0.4 is 17.0 Å². The summed E-state index contributed by atoms with van der Waals surface area (Å²) in [6.07, 6.45) is 2.06. The van der Waals surface area contributed by atoms with Gasteiger partial charge in [0.1, 0.15) is 5.82 Å². The minimum atomic E-state index is 0. The van der Waals surface area contributed by atoms with Gasteiger partial charge in [-0.05, 0) is 17.7 Å². The van der Waals surface area contributed by atoms with Crippen molar-refractivity contribution in [2.75, 3.05) is 0 Å². The average Bonchev–Trinajstić information content (AvgIpc) is 2.99. The standard InChI is InChI=1S/C16H10Cl2N2.BrH/c17-13-6-5-10(7-14(13)18)15-9-20-8-11-3-1-2-4-12(11)16(20)19-15;/h1-7,9H,8H2;1H/p-1. The minimum Gasteiger partial charge on any atom is -1.00 e. The van der Waals surface area contributed by atoms with Gasteiger partial charge in [0.15, 0.2) is 0 Å². The number of halogens is 3. The molecule has 2 nitrogen and oxygen atoms in total. The summed E-state index contributed by atoms with van der Waals surface area (Å²) in [5, 5.41) is 1.12. The molecule has 2 aromatic carbocycles. The second-order valence-electron chi connectivity index (χ2n) is 4.86. The SMILES string of the molecule is Clc1ccc(-c2cn3c(n2)-c2ccccc2C3)cc1Cl.[Br-]. The van der Waals surface area contributed by atoms with Crippen LogP contribution >= 0.6 is 23.2 Å². The fraction of sp³-hybridized carbons (Fsp3) is 0.0625. The molecule has 4 rings (SSSR count). The van der Waals surface area contributed by atoms with Crippen molar-refractivity contribution in [3.63, 3.8) is 0 Å². The van der Waals surface area contributed by atoms with Crippen molar-refractivity contribution in [1.82, 2.24) is 9.55 Å². The predicted octanol–water partition coefficient (Wildman–Crippen LogP) is 1.89. The van der Waals surface area contributed by atoms with Crippen LogP contribution in [0, 0.1) is 0 Å². The maximum Gasteiger partial charge on any atom is 0.141 e. The van der Waals surface area contributed by atoms with E-state index in [0.717, 1.165) is 23.6 Å². The summed E-state index contributed by atoms with van der Waals surface area (Å²) in [5.41, 5.74) is 4.43. The summed E-state index contributed by atoms with van der Waals surface area (Å²) in [6, 6.07) is 14.0. The molecule has 0 radical (unpaired) electrons. The van der Waals surface area contributed by atoms with Crippen molar-refractivity contribution in [3.05, 3.63) is 64.3 Å². The Hall–Kier alpha value is -1.29. The lowest BCUT2D eigenvalue weighted by Crippen LogP contribution is -3.00. The van der Waals surface area contributed by atoms with Crippen LogP contribution in [0.4, 0.5) is 0 Å². The fourth-order valence-corrected chi connectivity index (χ4v) is 2.90. The van der Waals surface area contributed by atoms with Gasteiger partial charge in [-0.25, -0.2) is 4.98 Å². The minimum absolute atomic E-state index is 0. The molecule has 2 heterocycles. The molecule has 3 aromatic rings. The summed E-state index contributed by atoms with van der Waals surface area (Å²) < 4.78 is 2.17. The Morgan fingerprint density at radius 3 is 2.62 bits per heavy atom. The van der Waals surface area contributed by atoms with Gasteiger partial charge in [0.25, 0.3) is 0 Å². The largest absolute Gasteiger partial charge is 1.00 e.